The van der Waals surface area contributed by atoms with E-state index in [0.717, 1.165) is 22.9 Å². The van der Waals surface area contributed by atoms with Gasteiger partial charge in [0.05, 0.1) is 19.1 Å². The summed E-state index contributed by atoms with van der Waals surface area (Å²) in [6, 6.07) is 23.6. The fraction of sp³-hybridized carbons (Fsp3) is 0.375. The second-order valence-corrected chi connectivity index (χ2v) is 12.4. The van der Waals surface area contributed by atoms with E-state index in [4.69, 9.17) is 4.74 Å². The topological polar surface area (TPSA) is 96.0 Å². The first kappa shape index (κ1) is 31.7. The number of rotatable bonds is 14. The first-order valence-corrected chi connectivity index (χ1v) is 15.6. The van der Waals surface area contributed by atoms with Crippen LogP contribution < -0.4 is 14.4 Å². The summed E-state index contributed by atoms with van der Waals surface area (Å²) in [6.07, 6.45) is 1.82. The first-order chi connectivity index (χ1) is 19.5. The van der Waals surface area contributed by atoms with Gasteiger partial charge in [-0.2, -0.15) is 0 Å². The van der Waals surface area contributed by atoms with Crippen molar-refractivity contribution < 1.29 is 22.7 Å². The Morgan fingerprint density at radius 3 is 2.22 bits per heavy atom. The molecule has 2 amide bonds. The maximum Gasteiger partial charge on any atom is 0.243 e. The molecule has 1 N–H and O–H groups in total. The lowest BCUT2D eigenvalue weighted by Gasteiger charge is -2.32. The number of methoxy groups -OCH3 is 1. The molecule has 3 aromatic carbocycles. The van der Waals surface area contributed by atoms with Gasteiger partial charge in [-0.1, -0.05) is 72.3 Å². The lowest BCUT2D eigenvalue weighted by Crippen LogP contribution is -2.51. The summed E-state index contributed by atoms with van der Waals surface area (Å²) in [5.41, 5.74) is 3.33. The Balaban J connectivity index is 1.90. The van der Waals surface area contributed by atoms with Gasteiger partial charge in [-0.25, -0.2) is 8.42 Å². The molecule has 41 heavy (non-hydrogen) atoms. The number of amides is 2. The number of hydrogen-bond donors (Lipinski definition) is 1. The predicted molar refractivity (Wildman–Crippen MR) is 163 cm³/mol. The van der Waals surface area contributed by atoms with Gasteiger partial charge in [0.2, 0.25) is 21.8 Å². The van der Waals surface area contributed by atoms with Gasteiger partial charge in [0.1, 0.15) is 11.8 Å². The molecule has 0 aliphatic rings. The van der Waals surface area contributed by atoms with Crippen LogP contribution in [-0.2, 0) is 32.6 Å². The number of nitrogens with one attached hydrogen (secondary N) is 1. The minimum atomic E-state index is -3.64. The van der Waals surface area contributed by atoms with Crippen LogP contribution in [0.1, 0.15) is 43.4 Å². The summed E-state index contributed by atoms with van der Waals surface area (Å²) >= 11 is 0. The van der Waals surface area contributed by atoms with Gasteiger partial charge >= 0.3 is 0 Å². The van der Waals surface area contributed by atoms with Crippen LogP contribution in [0.4, 0.5) is 5.69 Å². The van der Waals surface area contributed by atoms with Crippen molar-refractivity contribution in [2.45, 2.75) is 58.7 Å². The third-order valence-corrected chi connectivity index (χ3v) is 7.82. The number of hydrogen-bond acceptors (Lipinski definition) is 5. The number of anilines is 1. The highest BCUT2D eigenvalue weighted by atomic mass is 32.2. The molecule has 0 saturated carbocycles. The molecule has 0 spiro atoms. The van der Waals surface area contributed by atoms with Crippen LogP contribution in [0.5, 0.6) is 5.75 Å². The average molecular weight is 580 g/mol. The number of nitrogens with zero attached hydrogens (tertiary/aromatic N) is 2. The highest BCUT2D eigenvalue weighted by Gasteiger charge is 2.31. The zero-order valence-corrected chi connectivity index (χ0v) is 25.4. The number of para-hydroxylation sites is 2. The van der Waals surface area contributed by atoms with Crippen molar-refractivity contribution in [3.8, 4) is 5.75 Å². The Kier molecular flexibility index (Phi) is 11.3. The van der Waals surface area contributed by atoms with Gasteiger partial charge in [-0.3, -0.25) is 13.9 Å². The van der Waals surface area contributed by atoms with Gasteiger partial charge in [0.25, 0.3) is 0 Å². The molecule has 0 saturated heterocycles. The van der Waals surface area contributed by atoms with Gasteiger partial charge in [-0.05, 0) is 50.5 Å². The average Bonchev–Trinajstić information content (AvgIpc) is 2.92. The van der Waals surface area contributed by atoms with E-state index in [1.54, 1.807) is 29.2 Å². The Bertz CT molecular complexity index is 1410. The van der Waals surface area contributed by atoms with Crippen LogP contribution >= 0.6 is 0 Å². The molecule has 3 rings (SSSR count). The van der Waals surface area contributed by atoms with Crippen LogP contribution in [0.3, 0.4) is 0 Å². The van der Waals surface area contributed by atoms with E-state index in [9.17, 15) is 18.0 Å². The summed E-state index contributed by atoms with van der Waals surface area (Å²) in [7, 11) is -2.15. The maximum absolute atomic E-state index is 13.9. The third kappa shape index (κ3) is 9.35. The molecule has 8 nitrogen and oxygen atoms in total. The van der Waals surface area contributed by atoms with Crippen molar-refractivity contribution in [3.63, 3.8) is 0 Å². The molecule has 0 unspecified atom stereocenters. The van der Waals surface area contributed by atoms with Crippen molar-refractivity contribution >= 4 is 27.5 Å². The quantitative estimate of drug-likeness (QED) is 0.298. The van der Waals surface area contributed by atoms with Crippen LogP contribution in [0.2, 0.25) is 0 Å². The maximum atomic E-state index is 13.9. The van der Waals surface area contributed by atoms with Crippen molar-refractivity contribution in [1.82, 2.24) is 10.2 Å². The van der Waals surface area contributed by atoms with E-state index in [2.05, 4.69) is 5.32 Å². The number of carbonyl (C=O) groups excluding carboxylic acids is 2. The van der Waals surface area contributed by atoms with E-state index < -0.39 is 16.1 Å². The van der Waals surface area contributed by atoms with E-state index in [-0.39, 0.29) is 43.8 Å². The molecule has 0 bridgehead atoms. The van der Waals surface area contributed by atoms with Crippen molar-refractivity contribution in [2.24, 2.45) is 0 Å². The van der Waals surface area contributed by atoms with Gasteiger partial charge in [0, 0.05) is 32.0 Å². The van der Waals surface area contributed by atoms with Crippen molar-refractivity contribution in [2.75, 3.05) is 24.2 Å². The molecule has 0 aliphatic heterocycles. The number of sulfonamides is 1. The highest BCUT2D eigenvalue weighted by molar-refractivity contribution is 7.92. The normalized spacial score (nSPS) is 12.0. The number of carbonyl (C=O) groups is 2. The molecule has 0 fully saturated rings. The molecule has 0 radical (unpaired) electrons. The molecule has 9 heteroatoms. The fourth-order valence-corrected chi connectivity index (χ4v) is 5.73. The summed E-state index contributed by atoms with van der Waals surface area (Å²) in [6.45, 7) is 6.11. The number of benzene rings is 3. The van der Waals surface area contributed by atoms with Crippen molar-refractivity contribution in [3.05, 3.63) is 95.6 Å². The minimum absolute atomic E-state index is 0.0627. The molecular formula is C32H41N3O5S. The zero-order valence-electron chi connectivity index (χ0n) is 24.5. The van der Waals surface area contributed by atoms with Crippen molar-refractivity contribution in [1.29, 1.82) is 0 Å². The molecule has 1 atom stereocenters. The van der Waals surface area contributed by atoms with Crippen LogP contribution in [0.25, 0.3) is 0 Å². The Hall–Kier alpha value is -3.85. The zero-order chi connectivity index (χ0) is 30.0. The Morgan fingerprint density at radius 2 is 1.59 bits per heavy atom. The van der Waals surface area contributed by atoms with E-state index in [1.165, 1.54) is 11.4 Å². The Labute approximate surface area is 244 Å². The molecule has 0 heterocycles. The van der Waals surface area contributed by atoms with Crippen LogP contribution in [-0.4, -0.2) is 57.1 Å². The standard InChI is InChI=1S/C32H41N3O5S/c1-24(2)33-32(37)29(22-26-14-7-6-8-15-26)34(23-27-16-11-13-25(3)21-27)31(36)19-12-20-35(41(5,38)39)28-17-9-10-18-30(28)40-4/h6-11,13-18,21,24,29H,12,19-20,22-23H2,1-5H3,(H,33,37)/t29-/m0/s1. The van der Waals surface area contributed by atoms with E-state index >= 15 is 0 Å². The lowest BCUT2D eigenvalue weighted by atomic mass is 10.0. The van der Waals surface area contributed by atoms with E-state index in [0.29, 0.717) is 17.9 Å². The fourth-order valence-electron chi connectivity index (χ4n) is 4.76. The summed E-state index contributed by atoms with van der Waals surface area (Å²) in [5.74, 6) is -0.0185. The molecule has 3 aromatic rings. The van der Waals surface area contributed by atoms with Gasteiger partial charge < -0.3 is 15.0 Å². The summed E-state index contributed by atoms with van der Waals surface area (Å²) in [4.78, 5) is 29.1. The smallest absolute Gasteiger partial charge is 0.243 e. The minimum Gasteiger partial charge on any atom is -0.495 e. The summed E-state index contributed by atoms with van der Waals surface area (Å²) < 4.78 is 32.1. The monoisotopic (exact) mass is 579 g/mol. The van der Waals surface area contributed by atoms with Crippen LogP contribution in [0, 0.1) is 6.92 Å². The second kappa shape index (κ2) is 14.7. The first-order valence-electron chi connectivity index (χ1n) is 13.8. The predicted octanol–water partition coefficient (Wildman–Crippen LogP) is 4.71. The third-order valence-electron chi connectivity index (χ3n) is 6.64. The van der Waals surface area contributed by atoms with Gasteiger partial charge in [-0.15, -0.1) is 0 Å². The molecular weight excluding hydrogens is 538 g/mol. The van der Waals surface area contributed by atoms with E-state index in [1.807, 2.05) is 75.4 Å². The summed E-state index contributed by atoms with van der Waals surface area (Å²) in [5, 5.41) is 2.99. The second-order valence-electron chi connectivity index (χ2n) is 10.5. The number of aryl methyl sites for hydroxylation is 1. The number of ether oxygens (including phenoxy) is 1. The Morgan fingerprint density at radius 1 is 0.927 bits per heavy atom. The molecule has 0 aromatic heterocycles. The lowest BCUT2D eigenvalue weighted by molar-refractivity contribution is -0.141. The molecule has 220 valence electrons. The highest BCUT2D eigenvalue weighted by Crippen LogP contribution is 2.30. The molecule has 0 aliphatic carbocycles. The SMILES string of the molecule is COc1ccccc1N(CCCC(=O)N(Cc1cccc(C)c1)[C@@H](Cc1ccccc1)C(=O)NC(C)C)S(C)(=O)=O. The van der Waals surface area contributed by atoms with Gasteiger partial charge in [0.15, 0.2) is 0 Å². The van der Waals surface area contributed by atoms with Crippen LogP contribution in [0.15, 0.2) is 78.9 Å². The largest absolute Gasteiger partial charge is 0.495 e.